The molecule has 0 atom stereocenters. The van der Waals surface area contributed by atoms with Crippen molar-refractivity contribution in [3.8, 4) is 0 Å². The van der Waals surface area contributed by atoms with Crippen molar-refractivity contribution < 1.29 is 9.90 Å². The fourth-order valence-corrected chi connectivity index (χ4v) is 2.93. The van der Waals surface area contributed by atoms with Crippen LogP contribution in [0.5, 0.6) is 0 Å². The highest BCUT2D eigenvalue weighted by Gasteiger charge is 2.20. The molecule has 0 radical (unpaired) electrons. The predicted octanol–water partition coefficient (Wildman–Crippen LogP) is 4.21. The fraction of sp³-hybridized carbons (Fsp3) is 0.188. The Morgan fingerprint density at radius 3 is 2.52 bits per heavy atom. The number of nitrogens with zero attached hydrogens (tertiary/aromatic N) is 1. The van der Waals surface area contributed by atoms with Gasteiger partial charge in [0.1, 0.15) is 0 Å². The minimum absolute atomic E-state index is 0.338. The molecule has 2 aromatic rings. The van der Waals surface area contributed by atoms with Crippen LogP contribution in [0.3, 0.4) is 0 Å². The first kappa shape index (κ1) is 14.4. The van der Waals surface area contributed by atoms with Crippen molar-refractivity contribution in [2.24, 2.45) is 0 Å². The van der Waals surface area contributed by atoms with Crippen LogP contribution in [0.1, 0.15) is 27.0 Å². The summed E-state index contributed by atoms with van der Waals surface area (Å²) < 4.78 is 0. The van der Waals surface area contributed by atoms with Gasteiger partial charge in [0.05, 0.1) is 15.6 Å². The lowest BCUT2D eigenvalue weighted by atomic mass is 10.1. The summed E-state index contributed by atoms with van der Waals surface area (Å²) in [5, 5.41) is 10.1. The molecule has 0 amide bonds. The van der Waals surface area contributed by atoms with Crippen molar-refractivity contribution in [1.29, 1.82) is 0 Å². The molecule has 0 spiro atoms. The predicted molar refractivity (Wildman–Crippen MR) is 82.8 cm³/mol. The van der Waals surface area contributed by atoms with Crippen LogP contribution < -0.4 is 0 Å². The van der Waals surface area contributed by atoms with E-state index in [1.54, 1.807) is 18.2 Å². The van der Waals surface area contributed by atoms with E-state index in [0.29, 0.717) is 15.6 Å². The zero-order valence-electron chi connectivity index (χ0n) is 11.1. The number of carbonyl (C=O) groups is 1. The molecule has 0 fully saturated rings. The molecular weight excluding hydrogens is 309 g/mol. The third kappa shape index (κ3) is 3.05. The van der Waals surface area contributed by atoms with Gasteiger partial charge in [-0.15, -0.1) is 0 Å². The zero-order valence-corrected chi connectivity index (χ0v) is 12.7. The maximum absolute atomic E-state index is 11.0. The molecule has 1 aliphatic heterocycles. The molecule has 0 saturated carbocycles. The number of hydrogen-bond acceptors (Lipinski definition) is 2. The Balaban J connectivity index is 1.75. The first-order valence-corrected chi connectivity index (χ1v) is 7.30. The minimum Gasteiger partial charge on any atom is -0.478 e. The van der Waals surface area contributed by atoms with Crippen LogP contribution in [0.15, 0.2) is 36.4 Å². The van der Waals surface area contributed by atoms with Crippen molar-refractivity contribution >= 4 is 29.2 Å². The number of hydrogen-bond donors (Lipinski definition) is 1. The van der Waals surface area contributed by atoms with Crippen LogP contribution in [0.2, 0.25) is 10.0 Å². The third-order valence-electron chi connectivity index (χ3n) is 3.63. The monoisotopic (exact) mass is 321 g/mol. The summed E-state index contributed by atoms with van der Waals surface area (Å²) in [6.45, 7) is 2.32. The summed E-state index contributed by atoms with van der Waals surface area (Å²) >= 11 is 11.9. The number of fused-ring (bicyclic) bond motifs is 1. The molecule has 0 unspecified atom stereocenters. The van der Waals surface area contributed by atoms with Crippen molar-refractivity contribution in [3.05, 3.63) is 68.7 Å². The van der Waals surface area contributed by atoms with Crippen LogP contribution >= 0.6 is 23.2 Å². The van der Waals surface area contributed by atoms with Gasteiger partial charge in [0.15, 0.2) is 0 Å². The Labute approximate surface area is 132 Å². The summed E-state index contributed by atoms with van der Waals surface area (Å²) in [6, 6.07) is 10.9. The lowest BCUT2D eigenvalue weighted by molar-refractivity contribution is 0.0696. The van der Waals surface area contributed by atoms with Crippen molar-refractivity contribution in [3.63, 3.8) is 0 Å². The van der Waals surface area contributed by atoms with Crippen molar-refractivity contribution in [2.45, 2.75) is 19.6 Å². The summed E-state index contributed by atoms with van der Waals surface area (Å²) in [7, 11) is 0. The molecule has 108 valence electrons. The van der Waals surface area contributed by atoms with E-state index >= 15 is 0 Å². The SMILES string of the molecule is O=C(O)c1ccc2c(c1)CN(Cc1ccc(Cl)c(Cl)c1)C2. The van der Waals surface area contributed by atoms with E-state index in [1.807, 2.05) is 18.2 Å². The molecule has 0 aromatic heterocycles. The van der Waals surface area contributed by atoms with Gasteiger partial charge in [0.2, 0.25) is 0 Å². The molecule has 0 saturated heterocycles. The molecule has 2 aromatic carbocycles. The zero-order chi connectivity index (χ0) is 15.0. The van der Waals surface area contributed by atoms with Gasteiger partial charge in [-0.2, -0.15) is 0 Å². The largest absolute Gasteiger partial charge is 0.478 e. The highest BCUT2D eigenvalue weighted by atomic mass is 35.5. The highest BCUT2D eigenvalue weighted by Crippen LogP contribution is 2.27. The second-order valence-corrected chi connectivity index (χ2v) is 6.00. The molecule has 0 aliphatic carbocycles. The van der Waals surface area contributed by atoms with Crippen LogP contribution in [-0.4, -0.2) is 16.0 Å². The Hall–Kier alpha value is -1.55. The van der Waals surface area contributed by atoms with Gasteiger partial charge in [-0.3, -0.25) is 4.90 Å². The smallest absolute Gasteiger partial charge is 0.335 e. The van der Waals surface area contributed by atoms with Crippen molar-refractivity contribution in [2.75, 3.05) is 0 Å². The molecule has 1 heterocycles. The lowest BCUT2D eigenvalue weighted by Crippen LogP contribution is -2.15. The van der Waals surface area contributed by atoms with Crippen molar-refractivity contribution in [1.82, 2.24) is 4.90 Å². The first-order chi connectivity index (χ1) is 10.0. The Morgan fingerprint density at radius 1 is 1.05 bits per heavy atom. The maximum Gasteiger partial charge on any atom is 0.335 e. The summed E-state index contributed by atoms with van der Waals surface area (Å²) in [5.74, 6) is -0.888. The van der Waals surface area contributed by atoms with E-state index in [4.69, 9.17) is 28.3 Å². The van der Waals surface area contributed by atoms with E-state index in [0.717, 1.165) is 30.8 Å². The maximum atomic E-state index is 11.0. The second kappa shape index (κ2) is 5.68. The van der Waals surface area contributed by atoms with Crippen LogP contribution in [0, 0.1) is 0 Å². The molecule has 1 N–H and O–H groups in total. The third-order valence-corrected chi connectivity index (χ3v) is 4.37. The van der Waals surface area contributed by atoms with Gasteiger partial charge in [-0.05, 0) is 41.0 Å². The van der Waals surface area contributed by atoms with Gasteiger partial charge >= 0.3 is 5.97 Å². The average Bonchev–Trinajstić information content (AvgIpc) is 2.84. The van der Waals surface area contributed by atoms with Crippen LogP contribution in [-0.2, 0) is 19.6 Å². The number of aromatic carboxylic acids is 1. The minimum atomic E-state index is -0.888. The Bertz CT molecular complexity index is 715. The molecule has 0 bridgehead atoms. The number of carboxylic acid groups (broad SMARTS) is 1. The average molecular weight is 322 g/mol. The van der Waals surface area contributed by atoms with E-state index in [1.165, 1.54) is 5.56 Å². The molecule has 1 aliphatic rings. The Morgan fingerprint density at radius 2 is 1.81 bits per heavy atom. The number of rotatable bonds is 3. The standard InChI is InChI=1S/C16H13Cl2NO2/c17-14-4-1-10(5-15(14)18)7-19-8-12-3-2-11(16(20)21)6-13(12)9-19/h1-6H,7-9H2,(H,20,21). The second-order valence-electron chi connectivity index (χ2n) is 5.18. The quantitative estimate of drug-likeness (QED) is 0.920. The van der Waals surface area contributed by atoms with Gasteiger partial charge in [0.25, 0.3) is 0 Å². The Kier molecular flexibility index (Phi) is 3.89. The van der Waals surface area contributed by atoms with E-state index < -0.39 is 5.97 Å². The van der Waals surface area contributed by atoms with E-state index in [2.05, 4.69) is 4.90 Å². The van der Waals surface area contributed by atoms with Crippen LogP contribution in [0.25, 0.3) is 0 Å². The highest BCUT2D eigenvalue weighted by molar-refractivity contribution is 6.42. The van der Waals surface area contributed by atoms with E-state index in [-0.39, 0.29) is 0 Å². The normalized spacial score (nSPS) is 14.2. The van der Waals surface area contributed by atoms with Gasteiger partial charge in [0, 0.05) is 19.6 Å². The molecule has 5 heteroatoms. The number of carboxylic acids is 1. The molecular formula is C16H13Cl2NO2. The van der Waals surface area contributed by atoms with Gasteiger partial charge in [-0.1, -0.05) is 35.3 Å². The summed E-state index contributed by atoms with van der Waals surface area (Å²) in [4.78, 5) is 13.2. The number of halogens is 2. The summed E-state index contributed by atoms with van der Waals surface area (Å²) in [6.07, 6.45) is 0. The van der Waals surface area contributed by atoms with Gasteiger partial charge < -0.3 is 5.11 Å². The lowest BCUT2D eigenvalue weighted by Gasteiger charge is -2.15. The van der Waals surface area contributed by atoms with Crippen LogP contribution in [0.4, 0.5) is 0 Å². The van der Waals surface area contributed by atoms with E-state index in [9.17, 15) is 4.79 Å². The first-order valence-electron chi connectivity index (χ1n) is 6.54. The molecule has 21 heavy (non-hydrogen) atoms. The van der Waals surface area contributed by atoms with Gasteiger partial charge in [-0.25, -0.2) is 4.79 Å². The number of benzene rings is 2. The topological polar surface area (TPSA) is 40.5 Å². The fourth-order valence-electron chi connectivity index (χ4n) is 2.61. The molecule has 3 nitrogen and oxygen atoms in total. The molecule has 3 rings (SSSR count). The summed E-state index contributed by atoms with van der Waals surface area (Å²) in [5.41, 5.74) is 3.69.